The second-order valence-electron chi connectivity index (χ2n) is 6.95. The number of thioether (sulfide) groups is 1. The SMILES string of the molecule is CC(C)c1ccc(NC(=O)Cc2csc(SCC(=O)Nc3ccc(F)cc3)n2)cc1. The van der Waals surface area contributed by atoms with Crippen LogP contribution in [0.25, 0.3) is 0 Å². The van der Waals surface area contributed by atoms with Crippen LogP contribution in [0.3, 0.4) is 0 Å². The van der Waals surface area contributed by atoms with Gasteiger partial charge in [-0.1, -0.05) is 37.7 Å². The lowest BCUT2D eigenvalue weighted by Crippen LogP contribution is -2.15. The standard InChI is InChI=1S/C22H22FN3O2S2/c1-14(2)15-3-7-17(8-4-15)24-20(27)11-19-12-29-22(26-19)30-13-21(28)25-18-9-5-16(23)6-10-18/h3-10,12,14H,11,13H2,1-2H3,(H,24,27)(H,25,28). The van der Waals surface area contributed by atoms with Crippen molar-refractivity contribution in [2.75, 3.05) is 16.4 Å². The van der Waals surface area contributed by atoms with Crippen LogP contribution < -0.4 is 10.6 Å². The molecule has 1 heterocycles. The topological polar surface area (TPSA) is 71.1 Å². The van der Waals surface area contributed by atoms with Gasteiger partial charge in [0.15, 0.2) is 4.34 Å². The highest BCUT2D eigenvalue weighted by molar-refractivity contribution is 8.01. The van der Waals surface area contributed by atoms with E-state index in [1.807, 2.05) is 29.6 Å². The van der Waals surface area contributed by atoms with Crippen LogP contribution in [-0.4, -0.2) is 22.6 Å². The predicted molar refractivity (Wildman–Crippen MR) is 121 cm³/mol. The van der Waals surface area contributed by atoms with Gasteiger partial charge < -0.3 is 10.6 Å². The average Bonchev–Trinajstić information content (AvgIpc) is 3.15. The normalized spacial score (nSPS) is 10.8. The molecule has 0 aliphatic rings. The summed E-state index contributed by atoms with van der Waals surface area (Å²) in [4.78, 5) is 28.7. The van der Waals surface area contributed by atoms with Gasteiger partial charge in [-0.25, -0.2) is 9.37 Å². The van der Waals surface area contributed by atoms with Gasteiger partial charge in [-0.2, -0.15) is 0 Å². The number of nitrogens with zero attached hydrogens (tertiary/aromatic N) is 1. The average molecular weight is 444 g/mol. The molecule has 5 nitrogen and oxygen atoms in total. The maximum atomic E-state index is 12.9. The molecule has 2 amide bonds. The fraction of sp³-hybridized carbons (Fsp3) is 0.227. The molecule has 0 saturated carbocycles. The molecule has 8 heteroatoms. The van der Waals surface area contributed by atoms with Crippen LogP contribution in [0.1, 0.15) is 31.0 Å². The summed E-state index contributed by atoms with van der Waals surface area (Å²) in [7, 11) is 0. The third-order valence-electron chi connectivity index (χ3n) is 4.19. The molecule has 0 aliphatic heterocycles. The van der Waals surface area contributed by atoms with Crippen LogP contribution in [0.4, 0.5) is 15.8 Å². The van der Waals surface area contributed by atoms with Gasteiger partial charge in [0, 0.05) is 16.8 Å². The molecule has 0 fully saturated rings. The van der Waals surface area contributed by atoms with E-state index in [0.717, 1.165) is 5.69 Å². The smallest absolute Gasteiger partial charge is 0.234 e. The summed E-state index contributed by atoms with van der Waals surface area (Å²) in [5.41, 5.74) is 3.18. The Morgan fingerprint density at radius 1 is 1.00 bits per heavy atom. The van der Waals surface area contributed by atoms with Gasteiger partial charge in [0.2, 0.25) is 11.8 Å². The molecule has 0 atom stereocenters. The van der Waals surface area contributed by atoms with E-state index >= 15 is 0 Å². The molecule has 0 unspecified atom stereocenters. The maximum Gasteiger partial charge on any atom is 0.234 e. The Labute approximate surface area is 183 Å². The lowest BCUT2D eigenvalue weighted by Gasteiger charge is -2.08. The fourth-order valence-corrected chi connectivity index (χ4v) is 4.26. The summed E-state index contributed by atoms with van der Waals surface area (Å²) >= 11 is 2.69. The number of amides is 2. The first-order valence-electron chi connectivity index (χ1n) is 9.41. The Morgan fingerprint density at radius 3 is 2.23 bits per heavy atom. The summed E-state index contributed by atoms with van der Waals surface area (Å²) in [6, 6.07) is 13.4. The minimum Gasteiger partial charge on any atom is -0.326 e. The zero-order valence-electron chi connectivity index (χ0n) is 16.6. The van der Waals surface area contributed by atoms with Crippen molar-refractivity contribution in [3.8, 4) is 0 Å². The van der Waals surface area contributed by atoms with Crippen molar-refractivity contribution in [1.82, 2.24) is 4.98 Å². The summed E-state index contributed by atoms with van der Waals surface area (Å²) in [6.07, 6.45) is 0.171. The highest BCUT2D eigenvalue weighted by Crippen LogP contribution is 2.23. The number of halogens is 1. The predicted octanol–water partition coefficient (Wildman–Crippen LogP) is 5.32. The van der Waals surface area contributed by atoms with Gasteiger partial charge in [0.1, 0.15) is 5.82 Å². The fourth-order valence-electron chi connectivity index (χ4n) is 2.61. The highest BCUT2D eigenvalue weighted by Gasteiger charge is 2.11. The van der Waals surface area contributed by atoms with Gasteiger partial charge in [-0.05, 0) is 47.9 Å². The van der Waals surface area contributed by atoms with E-state index in [2.05, 4.69) is 29.5 Å². The van der Waals surface area contributed by atoms with Gasteiger partial charge in [-0.3, -0.25) is 9.59 Å². The summed E-state index contributed by atoms with van der Waals surface area (Å²) in [6.45, 7) is 4.25. The Bertz CT molecular complexity index is 1000. The van der Waals surface area contributed by atoms with Crippen LogP contribution in [0, 0.1) is 5.82 Å². The van der Waals surface area contributed by atoms with E-state index in [1.165, 1.54) is 52.9 Å². The number of carbonyl (C=O) groups is 2. The van der Waals surface area contributed by atoms with Crippen molar-refractivity contribution >= 4 is 46.3 Å². The first-order chi connectivity index (χ1) is 14.4. The molecule has 0 spiro atoms. The first kappa shape index (κ1) is 22.0. The van der Waals surface area contributed by atoms with E-state index in [1.54, 1.807) is 0 Å². The molecule has 3 rings (SSSR count). The number of carbonyl (C=O) groups excluding carboxylic acids is 2. The largest absolute Gasteiger partial charge is 0.326 e. The summed E-state index contributed by atoms with van der Waals surface area (Å²) in [5, 5.41) is 7.40. The number of anilines is 2. The van der Waals surface area contributed by atoms with Crippen LogP contribution in [-0.2, 0) is 16.0 Å². The number of aromatic nitrogens is 1. The molecule has 0 radical (unpaired) electrons. The number of benzene rings is 2. The second kappa shape index (κ2) is 10.4. The number of hydrogen-bond acceptors (Lipinski definition) is 5. The molecule has 0 aliphatic carbocycles. The summed E-state index contributed by atoms with van der Waals surface area (Å²) < 4.78 is 13.6. The van der Waals surface area contributed by atoms with E-state index in [0.29, 0.717) is 21.6 Å². The Kier molecular flexibility index (Phi) is 7.59. The molecule has 2 aromatic carbocycles. The zero-order chi connectivity index (χ0) is 21.5. The highest BCUT2D eigenvalue weighted by atomic mass is 32.2. The first-order valence-corrected chi connectivity index (χ1v) is 11.3. The van der Waals surface area contributed by atoms with Crippen molar-refractivity contribution in [2.45, 2.75) is 30.5 Å². The zero-order valence-corrected chi connectivity index (χ0v) is 18.3. The van der Waals surface area contributed by atoms with Gasteiger partial charge in [-0.15, -0.1) is 11.3 Å². The molecular formula is C22H22FN3O2S2. The third-order valence-corrected chi connectivity index (χ3v) is 6.26. The Morgan fingerprint density at radius 2 is 1.60 bits per heavy atom. The molecule has 0 saturated heterocycles. The number of rotatable bonds is 8. The monoisotopic (exact) mass is 443 g/mol. The summed E-state index contributed by atoms with van der Waals surface area (Å²) in [5.74, 6) is -0.0690. The molecule has 2 N–H and O–H groups in total. The van der Waals surface area contributed by atoms with Gasteiger partial charge in [0.05, 0.1) is 17.9 Å². The number of thiazole rings is 1. The van der Waals surface area contributed by atoms with Crippen LogP contribution in [0.2, 0.25) is 0 Å². The number of nitrogens with one attached hydrogen (secondary N) is 2. The third kappa shape index (κ3) is 6.67. The molecule has 156 valence electrons. The van der Waals surface area contributed by atoms with Crippen molar-refractivity contribution in [2.24, 2.45) is 0 Å². The van der Waals surface area contributed by atoms with E-state index in [4.69, 9.17) is 0 Å². The maximum absolute atomic E-state index is 12.9. The minimum atomic E-state index is -0.353. The van der Waals surface area contributed by atoms with Crippen molar-refractivity contribution in [1.29, 1.82) is 0 Å². The Hall–Kier alpha value is -2.71. The van der Waals surface area contributed by atoms with Crippen molar-refractivity contribution in [3.63, 3.8) is 0 Å². The van der Waals surface area contributed by atoms with Crippen LogP contribution in [0.15, 0.2) is 58.3 Å². The van der Waals surface area contributed by atoms with Gasteiger partial charge in [0.25, 0.3) is 0 Å². The quantitative estimate of drug-likeness (QED) is 0.463. The van der Waals surface area contributed by atoms with E-state index < -0.39 is 0 Å². The Balaban J connectivity index is 1.45. The molecule has 0 bridgehead atoms. The van der Waals surface area contributed by atoms with E-state index in [-0.39, 0.29) is 29.8 Å². The van der Waals surface area contributed by atoms with E-state index in [9.17, 15) is 14.0 Å². The minimum absolute atomic E-state index is 0.136. The second-order valence-corrected chi connectivity index (χ2v) is 9.03. The number of hydrogen-bond donors (Lipinski definition) is 2. The lowest BCUT2D eigenvalue weighted by atomic mass is 10.0. The van der Waals surface area contributed by atoms with Crippen LogP contribution in [0.5, 0.6) is 0 Å². The molecule has 3 aromatic rings. The van der Waals surface area contributed by atoms with Gasteiger partial charge >= 0.3 is 0 Å². The lowest BCUT2D eigenvalue weighted by molar-refractivity contribution is -0.116. The molecule has 1 aromatic heterocycles. The van der Waals surface area contributed by atoms with Crippen LogP contribution >= 0.6 is 23.1 Å². The van der Waals surface area contributed by atoms with Crippen molar-refractivity contribution in [3.05, 3.63) is 71.0 Å². The molecule has 30 heavy (non-hydrogen) atoms. The molecular weight excluding hydrogens is 421 g/mol. The van der Waals surface area contributed by atoms with Crippen molar-refractivity contribution < 1.29 is 14.0 Å².